The molecule has 2 amide bonds. The number of carbonyl (C=O) groups excluding carboxylic acids is 2. The number of hydrogen-bond donors (Lipinski definition) is 3. The number of pyridine rings is 1. The molecule has 1 saturated heterocycles. The van der Waals surface area contributed by atoms with E-state index in [9.17, 15) is 24.1 Å². The lowest BCUT2D eigenvalue weighted by molar-refractivity contribution is -0.689. The summed E-state index contributed by atoms with van der Waals surface area (Å²) in [6, 6.07) is 4.53. The minimum absolute atomic E-state index is 0.0812. The first-order chi connectivity index (χ1) is 18.2. The van der Waals surface area contributed by atoms with Crippen molar-refractivity contribution in [2.45, 2.75) is 18.0 Å². The third kappa shape index (κ3) is 5.59. The van der Waals surface area contributed by atoms with Crippen molar-refractivity contribution in [2.75, 3.05) is 32.2 Å². The molecule has 0 aromatic carbocycles. The minimum Gasteiger partial charge on any atom is -0.477 e. The van der Waals surface area contributed by atoms with Gasteiger partial charge in [0.2, 0.25) is 0 Å². The molecule has 202 valence electrons. The fourth-order valence-electron chi connectivity index (χ4n) is 3.79. The largest absolute Gasteiger partial charge is 0.477 e. The van der Waals surface area contributed by atoms with Crippen LogP contribution in [0.5, 0.6) is 0 Å². The van der Waals surface area contributed by atoms with Gasteiger partial charge >= 0.3 is 13.7 Å². The van der Waals surface area contributed by atoms with E-state index in [0.29, 0.717) is 17.9 Å². The number of amides is 2. The number of aliphatic carboxylic acids is 1. The number of anilines is 1. The van der Waals surface area contributed by atoms with Crippen LogP contribution in [0.3, 0.4) is 0 Å². The van der Waals surface area contributed by atoms with Gasteiger partial charge in [-0.25, -0.2) is 18.9 Å². The molecule has 1 fully saturated rings. The first-order valence-electron chi connectivity index (χ1n) is 10.9. The average molecular weight is 584 g/mol. The molecular formula is C21H24N6O8PS2+. The van der Waals surface area contributed by atoms with Crippen LogP contribution in [0.15, 0.2) is 52.4 Å². The van der Waals surface area contributed by atoms with Gasteiger partial charge < -0.3 is 15.3 Å². The summed E-state index contributed by atoms with van der Waals surface area (Å²) < 4.78 is 23.8. The first-order valence-corrected chi connectivity index (χ1v) is 14.4. The van der Waals surface area contributed by atoms with Gasteiger partial charge in [0.05, 0.1) is 0 Å². The summed E-state index contributed by atoms with van der Waals surface area (Å²) in [6.07, 6.45) is 3.62. The Morgan fingerprint density at radius 1 is 1.26 bits per heavy atom. The van der Waals surface area contributed by atoms with E-state index in [4.69, 9.17) is 13.9 Å². The van der Waals surface area contributed by atoms with E-state index in [1.165, 1.54) is 43.4 Å². The van der Waals surface area contributed by atoms with E-state index in [0.717, 1.165) is 11.3 Å². The number of carbonyl (C=O) groups is 3. The van der Waals surface area contributed by atoms with Gasteiger partial charge in [-0.15, -0.1) is 23.1 Å². The quantitative estimate of drug-likeness (QED) is 0.113. The monoisotopic (exact) mass is 583 g/mol. The van der Waals surface area contributed by atoms with Crippen molar-refractivity contribution in [3.63, 3.8) is 0 Å². The smallest absolute Gasteiger partial charge is 0.433 e. The van der Waals surface area contributed by atoms with Crippen LogP contribution in [0.2, 0.25) is 0 Å². The van der Waals surface area contributed by atoms with Crippen LogP contribution in [0.25, 0.3) is 0 Å². The summed E-state index contributed by atoms with van der Waals surface area (Å²) >= 11 is 2.37. The summed E-state index contributed by atoms with van der Waals surface area (Å²) in [7, 11) is 0.0222. The van der Waals surface area contributed by atoms with Crippen LogP contribution in [0.1, 0.15) is 5.69 Å². The molecule has 2 aliphatic heterocycles. The standard InChI is InChI=1S/C21H23N6O8PS2/c1-33-24-14(13-11-38-21(22-13)25-36(32,34-2)35-3)17(28)23-15-18(29)27-16(20(30)31)12(10-37-19(15)27)9-26-7-5-4-6-8-26/h4-8,11,15,19H,9-10H2,1-3H3,(H2-,22,23,25,28,30,31,32)/p+1/b24-14+/t15?,19-/m1/s1. The number of fused-ring (bicyclic) bond motifs is 1. The number of rotatable bonds is 11. The highest BCUT2D eigenvalue weighted by molar-refractivity contribution is 8.00. The minimum atomic E-state index is -3.62. The van der Waals surface area contributed by atoms with E-state index in [1.807, 2.05) is 35.2 Å². The zero-order valence-electron chi connectivity index (χ0n) is 20.4. The number of carboxylic acids is 1. The zero-order valence-corrected chi connectivity index (χ0v) is 22.9. The molecule has 38 heavy (non-hydrogen) atoms. The Morgan fingerprint density at radius 3 is 2.61 bits per heavy atom. The summed E-state index contributed by atoms with van der Waals surface area (Å²) in [5.74, 6) is -2.16. The highest BCUT2D eigenvalue weighted by Crippen LogP contribution is 2.46. The third-order valence-corrected chi connectivity index (χ3v) is 9.24. The highest BCUT2D eigenvalue weighted by Gasteiger charge is 2.54. The Labute approximate surface area is 225 Å². The molecule has 2 aromatic rings. The molecular weight excluding hydrogens is 559 g/mol. The van der Waals surface area contributed by atoms with Crippen molar-refractivity contribution in [1.82, 2.24) is 15.2 Å². The van der Waals surface area contributed by atoms with Crippen molar-refractivity contribution in [2.24, 2.45) is 5.16 Å². The fraction of sp³-hybridized carbons (Fsp3) is 0.333. The molecule has 2 aromatic heterocycles. The molecule has 0 spiro atoms. The maximum atomic E-state index is 13.1. The average Bonchev–Trinajstić information content (AvgIpc) is 3.37. The molecule has 1 unspecified atom stereocenters. The molecule has 0 bridgehead atoms. The number of β-lactam (4-membered cyclic amide) rings is 1. The van der Waals surface area contributed by atoms with Crippen LogP contribution in [-0.4, -0.2) is 77.0 Å². The van der Waals surface area contributed by atoms with Crippen LogP contribution >= 0.6 is 30.8 Å². The second-order valence-corrected chi connectivity index (χ2v) is 11.7. The second kappa shape index (κ2) is 11.6. The summed E-state index contributed by atoms with van der Waals surface area (Å²) in [4.78, 5) is 48.4. The van der Waals surface area contributed by atoms with Gasteiger partial charge in [0, 0.05) is 43.1 Å². The van der Waals surface area contributed by atoms with Gasteiger partial charge in [-0.3, -0.25) is 28.6 Å². The van der Waals surface area contributed by atoms with Crippen molar-refractivity contribution in [1.29, 1.82) is 0 Å². The molecule has 17 heteroatoms. The maximum absolute atomic E-state index is 13.1. The summed E-state index contributed by atoms with van der Waals surface area (Å²) in [5.41, 5.74) is 0.358. The molecule has 2 aliphatic rings. The lowest BCUT2D eigenvalue weighted by Gasteiger charge is -2.49. The van der Waals surface area contributed by atoms with Crippen LogP contribution in [0, 0.1) is 0 Å². The number of aromatic nitrogens is 2. The van der Waals surface area contributed by atoms with Gasteiger partial charge in [0.25, 0.3) is 11.8 Å². The molecule has 4 heterocycles. The molecule has 2 atom stereocenters. The summed E-state index contributed by atoms with van der Waals surface area (Å²) in [5, 5.41) is 19.7. The van der Waals surface area contributed by atoms with Gasteiger partial charge in [-0.05, 0) is 0 Å². The Hall–Kier alpha value is -3.30. The number of carboxylic acid groups (broad SMARTS) is 1. The predicted molar refractivity (Wildman–Crippen MR) is 137 cm³/mol. The second-order valence-electron chi connectivity index (χ2n) is 7.80. The Kier molecular flexibility index (Phi) is 8.47. The fourth-order valence-corrected chi connectivity index (χ4v) is 6.82. The number of thioether (sulfide) groups is 1. The Bertz CT molecular complexity index is 1340. The van der Waals surface area contributed by atoms with Crippen molar-refractivity contribution < 1.29 is 42.5 Å². The van der Waals surface area contributed by atoms with E-state index in [1.54, 1.807) is 0 Å². The van der Waals surface area contributed by atoms with Crippen LogP contribution in [-0.2, 0) is 39.4 Å². The molecule has 0 radical (unpaired) electrons. The van der Waals surface area contributed by atoms with E-state index in [2.05, 4.69) is 20.5 Å². The Balaban J connectivity index is 1.50. The molecule has 4 rings (SSSR count). The third-order valence-electron chi connectivity index (χ3n) is 5.54. The number of nitrogens with one attached hydrogen (secondary N) is 2. The van der Waals surface area contributed by atoms with Crippen molar-refractivity contribution in [3.8, 4) is 0 Å². The molecule has 0 saturated carbocycles. The van der Waals surface area contributed by atoms with E-state index >= 15 is 0 Å². The van der Waals surface area contributed by atoms with Gasteiger partial charge in [0.1, 0.15) is 29.9 Å². The molecule has 14 nitrogen and oxygen atoms in total. The number of thiazole rings is 1. The number of oxime groups is 1. The molecule has 3 N–H and O–H groups in total. The summed E-state index contributed by atoms with van der Waals surface area (Å²) in [6.45, 7) is 0.312. The Morgan fingerprint density at radius 2 is 1.97 bits per heavy atom. The SMILES string of the molecule is CO/N=C(/C(=O)NC1C(=O)N2C(C(=O)O)=C(C[n+]3ccccc3)CS[C@H]12)c1csc(NP(=O)(OC)OC)n1. The number of nitrogens with zero attached hydrogens (tertiary/aromatic N) is 4. The normalized spacial score (nSPS) is 19.5. The van der Waals surface area contributed by atoms with E-state index < -0.39 is 36.9 Å². The molecule has 0 aliphatic carbocycles. The van der Waals surface area contributed by atoms with Gasteiger partial charge in [-0.2, -0.15) is 0 Å². The highest BCUT2D eigenvalue weighted by atomic mass is 32.2. The van der Waals surface area contributed by atoms with Crippen molar-refractivity contribution >= 4 is 59.5 Å². The maximum Gasteiger partial charge on any atom is 0.433 e. The zero-order chi connectivity index (χ0) is 27.4. The van der Waals surface area contributed by atoms with Crippen molar-refractivity contribution in [3.05, 3.63) is 52.9 Å². The predicted octanol–water partition coefficient (Wildman–Crippen LogP) is 1.03. The van der Waals surface area contributed by atoms with Gasteiger partial charge in [0.15, 0.2) is 29.8 Å². The number of hydrogen-bond acceptors (Lipinski definition) is 11. The topological polar surface area (TPSA) is 173 Å². The van der Waals surface area contributed by atoms with Crippen LogP contribution < -0.4 is 15.0 Å². The van der Waals surface area contributed by atoms with Gasteiger partial charge in [-0.1, -0.05) is 11.2 Å². The lowest BCUT2D eigenvalue weighted by Crippen LogP contribution is -2.71. The van der Waals surface area contributed by atoms with E-state index in [-0.39, 0.29) is 22.2 Å². The van der Waals surface area contributed by atoms with Crippen LogP contribution in [0.4, 0.5) is 5.13 Å². The lowest BCUT2D eigenvalue weighted by atomic mass is 10.0. The first kappa shape index (κ1) is 27.7.